The smallest absolute Gasteiger partial charge is 0.308 e. The molecule has 2 atom stereocenters. The molecule has 2 N–H and O–H groups in total. The molecule has 1 amide bonds. The van der Waals surface area contributed by atoms with Gasteiger partial charge in [-0.2, -0.15) is 0 Å². The summed E-state index contributed by atoms with van der Waals surface area (Å²) in [5.74, 6) is -1.79. The van der Waals surface area contributed by atoms with Gasteiger partial charge in [0.05, 0.1) is 5.92 Å². The molecule has 1 heterocycles. The fraction of sp³-hybridized carbons (Fsp3) is 0.538. The third kappa shape index (κ3) is 4.09. The maximum atomic E-state index is 12.1. The Morgan fingerprint density at radius 2 is 2.11 bits per heavy atom. The Labute approximate surface area is 121 Å². The highest BCUT2D eigenvalue weighted by atomic mass is 79.9. The van der Waals surface area contributed by atoms with Crippen LogP contribution in [0.15, 0.2) is 16.7 Å². The van der Waals surface area contributed by atoms with Gasteiger partial charge < -0.3 is 15.0 Å². The first-order chi connectivity index (χ1) is 8.86. The number of nitrogens with zero attached hydrogens (tertiary/aromatic N) is 1. The summed E-state index contributed by atoms with van der Waals surface area (Å²) >= 11 is 3.34. The minimum absolute atomic E-state index is 0.250. The Morgan fingerprint density at radius 3 is 2.63 bits per heavy atom. The van der Waals surface area contributed by atoms with Crippen LogP contribution in [0, 0.1) is 5.92 Å². The number of carboxylic acid groups (broad SMARTS) is 1. The maximum Gasteiger partial charge on any atom is 0.308 e. The molecule has 106 valence electrons. The Hall–Kier alpha value is -1.30. The third-order valence-electron chi connectivity index (χ3n) is 3.06. The van der Waals surface area contributed by atoms with E-state index in [4.69, 9.17) is 5.11 Å². The van der Waals surface area contributed by atoms with Gasteiger partial charge in [0.15, 0.2) is 0 Å². The molecule has 0 saturated carbocycles. The van der Waals surface area contributed by atoms with Crippen molar-refractivity contribution in [1.82, 2.24) is 9.88 Å². The van der Waals surface area contributed by atoms with Crippen molar-refractivity contribution in [3.63, 3.8) is 0 Å². The normalized spacial score (nSPS) is 13.9. The SMILES string of the molecule is CCCn1cc(Br)cc1C(=O)NC(C)C(C)C(=O)O. The van der Waals surface area contributed by atoms with Gasteiger partial charge in [-0.05, 0) is 42.3 Å². The van der Waals surface area contributed by atoms with E-state index in [1.54, 1.807) is 19.9 Å². The summed E-state index contributed by atoms with van der Waals surface area (Å²) in [4.78, 5) is 23.0. The molecule has 5 nitrogen and oxygen atoms in total. The van der Waals surface area contributed by atoms with Crippen LogP contribution in [0.25, 0.3) is 0 Å². The van der Waals surface area contributed by atoms with Crippen LogP contribution in [0.3, 0.4) is 0 Å². The number of rotatable bonds is 6. The zero-order valence-corrected chi connectivity index (χ0v) is 12.9. The van der Waals surface area contributed by atoms with E-state index in [0.717, 1.165) is 17.4 Å². The minimum atomic E-state index is -0.919. The molecule has 1 aromatic rings. The fourth-order valence-corrected chi connectivity index (χ4v) is 2.17. The van der Waals surface area contributed by atoms with Crippen molar-refractivity contribution < 1.29 is 14.7 Å². The Balaban J connectivity index is 2.80. The number of carboxylic acids is 1. The van der Waals surface area contributed by atoms with Gasteiger partial charge in [-0.1, -0.05) is 6.92 Å². The summed E-state index contributed by atoms with van der Waals surface area (Å²) in [5, 5.41) is 11.6. The van der Waals surface area contributed by atoms with Gasteiger partial charge in [-0.3, -0.25) is 9.59 Å². The molecule has 0 aromatic carbocycles. The number of aryl methyl sites for hydroxylation is 1. The van der Waals surface area contributed by atoms with Crippen molar-refractivity contribution in [3.05, 3.63) is 22.4 Å². The van der Waals surface area contributed by atoms with Gasteiger partial charge in [-0.25, -0.2) is 0 Å². The maximum absolute atomic E-state index is 12.1. The molecule has 0 bridgehead atoms. The summed E-state index contributed by atoms with van der Waals surface area (Å²) in [6, 6.07) is 1.32. The number of hydrogen-bond donors (Lipinski definition) is 2. The summed E-state index contributed by atoms with van der Waals surface area (Å²) in [6.07, 6.45) is 2.77. The minimum Gasteiger partial charge on any atom is -0.481 e. The number of halogens is 1. The monoisotopic (exact) mass is 330 g/mol. The highest BCUT2D eigenvalue weighted by Gasteiger charge is 2.22. The number of carbonyl (C=O) groups is 2. The number of aliphatic carboxylic acids is 1. The molecule has 0 aliphatic rings. The van der Waals surface area contributed by atoms with Gasteiger partial charge in [0, 0.05) is 23.3 Å². The predicted octanol–water partition coefficient (Wildman–Crippen LogP) is 2.50. The number of nitrogens with one attached hydrogen (secondary N) is 1. The Kier molecular flexibility index (Phi) is 5.60. The summed E-state index contributed by atoms with van der Waals surface area (Å²) in [5.41, 5.74) is 0.540. The molecule has 6 heteroatoms. The first kappa shape index (κ1) is 15.8. The van der Waals surface area contributed by atoms with Crippen LogP contribution in [0.5, 0.6) is 0 Å². The van der Waals surface area contributed by atoms with Gasteiger partial charge in [0.1, 0.15) is 5.69 Å². The summed E-state index contributed by atoms with van der Waals surface area (Å²) in [6.45, 7) is 6.05. The van der Waals surface area contributed by atoms with Crippen molar-refractivity contribution in [3.8, 4) is 0 Å². The average molecular weight is 331 g/mol. The fourth-order valence-electron chi connectivity index (χ4n) is 1.71. The lowest BCUT2D eigenvalue weighted by Crippen LogP contribution is -2.40. The predicted molar refractivity (Wildman–Crippen MR) is 76.2 cm³/mol. The van der Waals surface area contributed by atoms with E-state index in [1.165, 1.54) is 0 Å². The number of aromatic nitrogens is 1. The molecule has 0 saturated heterocycles. The first-order valence-electron chi connectivity index (χ1n) is 6.26. The van der Waals surface area contributed by atoms with E-state index < -0.39 is 17.9 Å². The van der Waals surface area contributed by atoms with E-state index in [9.17, 15) is 9.59 Å². The molecule has 0 fully saturated rings. The van der Waals surface area contributed by atoms with Crippen LogP contribution < -0.4 is 5.32 Å². The molecule has 2 unspecified atom stereocenters. The Bertz CT molecular complexity index is 470. The molecule has 19 heavy (non-hydrogen) atoms. The second-order valence-electron chi connectivity index (χ2n) is 4.63. The molecule has 1 aromatic heterocycles. The molecule has 0 radical (unpaired) electrons. The second-order valence-corrected chi connectivity index (χ2v) is 5.54. The molecule has 1 rings (SSSR count). The van der Waals surface area contributed by atoms with E-state index in [2.05, 4.69) is 21.2 Å². The van der Waals surface area contributed by atoms with Crippen LogP contribution >= 0.6 is 15.9 Å². The quantitative estimate of drug-likeness (QED) is 0.841. The lowest BCUT2D eigenvalue weighted by molar-refractivity contribution is -0.141. The van der Waals surface area contributed by atoms with E-state index in [-0.39, 0.29) is 5.91 Å². The van der Waals surface area contributed by atoms with E-state index in [1.807, 2.05) is 17.7 Å². The van der Waals surface area contributed by atoms with Gasteiger partial charge in [0.25, 0.3) is 5.91 Å². The van der Waals surface area contributed by atoms with Crippen molar-refractivity contribution >= 4 is 27.8 Å². The highest BCUT2D eigenvalue weighted by Crippen LogP contribution is 2.16. The van der Waals surface area contributed by atoms with Crippen LogP contribution in [-0.2, 0) is 11.3 Å². The van der Waals surface area contributed by atoms with Crippen LogP contribution in [0.1, 0.15) is 37.7 Å². The average Bonchev–Trinajstić information content (AvgIpc) is 2.69. The molecular weight excluding hydrogens is 312 g/mol. The van der Waals surface area contributed by atoms with Crippen molar-refractivity contribution in [1.29, 1.82) is 0 Å². The number of amides is 1. The van der Waals surface area contributed by atoms with E-state index >= 15 is 0 Å². The zero-order chi connectivity index (χ0) is 14.6. The van der Waals surface area contributed by atoms with E-state index in [0.29, 0.717) is 5.69 Å². The number of hydrogen-bond acceptors (Lipinski definition) is 2. The van der Waals surface area contributed by atoms with Crippen LogP contribution in [0.4, 0.5) is 0 Å². The summed E-state index contributed by atoms with van der Waals surface area (Å²) in [7, 11) is 0. The number of carbonyl (C=O) groups excluding carboxylic acids is 1. The van der Waals surface area contributed by atoms with Gasteiger partial charge in [0.2, 0.25) is 0 Å². The standard InChI is InChI=1S/C13H19BrN2O3/c1-4-5-16-7-10(14)6-11(16)12(17)15-9(3)8(2)13(18)19/h6-9H,4-5H2,1-3H3,(H,15,17)(H,18,19). The zero-order valence-electron chi connectivity index (χ0n) is 11.3. The Morgan fingerprint density at radius 1 is 1.47 bits per heavy atom. The largest absolute Gasteiger partial charge is 0.481 e. The lowest BCUT2D eigenvalue weighted by atomic mass is 10.0. The molecule has 0 aliphatic carbocycles. The highest BCUT2D eigenvalue weighted by molar-refractivity contribution is 9.10. The topological polar surface area (TPSA) is 71.3 Å². The van der Waals surface area contributed by atoms with Crippen LogP contribution in [0.2, 0.25) is 0 Å². The van der Waals surface area contributed by atoms with Crippen molar-refractivity contribution in [2.75, 3.05) is 0 Å². The lowest BCUT2D eigenvalue weighted by Gasteiger charge is -2.18. The second kappa shape index (κ2) is 6.75. The third-order valence-corrected chi connectivity index (χ3v) is 3.49. The molecular formula is C13H19BrN2O3. The van der Waals surface area contributed by atoms with Crippen molar-refractivity contribution in [2.45, 2.75) is 39.8 Å². The molecule has 0 aliphatic heterocycles. The first-order valence-corrected chi connectivity index (χ1v) is 7.05. The summed E-state index contributed by atoms with van der Waals surface area (Å²) < 4.78 is 2.70. The molecule has 0 spiro atoms. The van der Waals surface area contributed by atoms with Gasteiger partial charge >= 0.3 is 5.97 Å². The van der Waals surface area contributed by atoms with Crippen LogP contribution in [-0.4, -0.2) is 27.6 Å². The van der Waals surface area contributed by atoms with Gasteiger partial charge in [-0.15, -0.1) is 0 Å². The van der Waals surface area contributed by atoms with Crippen molar-refractivity contribution in [2.24, 2.45) is 5.92 Å².